The van der Waals surface area contributed by atoms with E-state index in [2.05, 4.69) is 32.7 Å². The number of fused-ring (bicyclic) bond motifs is 1. The number of hydrogen-bond acceptors (Lipinski definition) is 4. The molecule has 29 heavy (non-hydrogen) atoms. The topological polar surface area (TPSA) is 59.0 Å². The Kier molecular flexibility index (Phi) is 4.99. The van der Waals surface area contributed by atoms with Crippen LogP contribution in [0.1, 0.15) is 83.4 Å². The third-order valence-electron chi connectivity index (χ3n) is 5.51. The van der Waals surface area contributed by atoms with Crippen molar-refractivity contribution in [2.75, 3.05) is 18.1 Å². The molecule has 5 nitrogen and oxygen atoms in total. The van der Waals surface area contributed by atoms with Crippen molar-refractivity contribution in [3.63, 3.8) is 0 Å². The van der Waals surface area contributed by atoms with E-state index in [1.165, 1.54) is 4.90 Å². The molecule has 5 heteroatoms. The lowest BCUT2D eigenvalue weighted by molar-refractivity contribution is 0.0925. The van der Waals surface area contributed by atoms with Crippen LogP contribution in [-0.2, 0) is 4.74 Å². The molecule has 150 valence electrons. The second kappa shape index (κ2) is 7.47. The number of nitrogens with zero attached hydrogens (tertiary/aromatic N) is 2. The molecule has 4 rings (SSSR count). The maximum atomic E-state index is 13.6. The molecular formula is C24H26N2O3. The van der Waals surface area contributed by atoms with Crippen molar-refractivity contribution in [3.05, 3.63) is 64.2 Å². The summed E-state index contributed by atoms with van der Waals surface area (Å²) in [5, 5.41) is 0. The van der Waals surface area contributed by atoms with Gasteiger partial charge < -0.3 is 4.74 Å². The lowest BCUT2D eigenvalue weighted by Gasteiger charge is -2.25. The fourth-order valence-electron chi connectivity index (χ4n) is 4.06. The highest BCUT2D eigenvalue weighted by Crippen LogP contribution is 2.40. The van der Waals surface area contributed by atoms with Crippen LogP contribution in [0.15, 0.2) is 41.4 Å². The first-order chi connectivity index (χ1) is 13.9. The van der Waals surface area contributed by atoms with Gasteiger partial charge in [-0.15, -0.1) is 0 Å². The van der Waals surface area contributed by atoms with Gasteiger partial charge >= 0.3 is 0 Å². The Labute approximate surface area is 171 Å². The van der Waals surface area contributed by atoms with Crippen molar-refractivity contribution in [1.82, 2.24) is 0 Å². The van der Waals surface area contributed by atoms with E-state index >= 15 is 0 Å². The van der Waals surface area contributed by atoms with Crippen LogP contribution < -0.4 is 4.90 Å². The van der Waals surface area contributed by atoms with Crippen molar-refractivity contribution in [1.29, 1.82) is 0 Å². The smallest absolute Gasteiger partial charge is 0.266 e. The van der Waals surface area contributed by atoms with Gasteiger partial charge in [0, 0.05) is 18.5 Å². The van der Waals surface area contributed by atoms with Gasteiger partial charge in [0.2, 0.25) is 5.90 Å². The van der Waals surface area contributed by atoms with Crippen LogP contribution >= 0.6 is 0 Å². The molecule has 0 saturated carbocycles. The third-order valence-corrected chi connectivity index (χ3v) is 5.51. The predicted molar refractivity (Wildman–Crippen MR) is 114 cm³/mol. The van der Waals surface area contributed by atoms with E-state index in [1.54, 1.807) is 12.1 Å². The van der Waals surface area contributed by atoms with Crippen LogP contribution in [-0.4, -0.2) is 30.9 Å². The van der Waals surface area contributed by atoms with Gasteiger partial charge in [-0.1, -0.05) is 52.0 Å². The second-order valence-electron chi connectivity index (χ2n) is 8.16. The highest BCUT2D eigenvalue weighted by atomic mass is 16.5. The maximum Gasteiger partial charge on any atom is 0.266 e. The molecular weight excluding hydrogens is 364 g/mol. The molecule has 0 fully saturated rings. The van der Waals surface area contributed by atoms with Crippen molar-refractivity contribution < 1.29 is 14.3 Å². The first kappa shape index (κ1) is 19.4. The van der Waals surface area contributed by atoms with Crippen molar-refractivity contribution in [2.45, 2.75) is 46.0 Å². The van der Waals surface area contributed by atoms with Gasteiger partial charge in [-0.25, -0.2) is 4.90 Å². The molecule has 0 atom stereocenters. The monoisotopic (exact) mass is 390 g/mol. The van der Waals surface area contributed by atoms with E-state index in [9.17, 15) is 9.59 Å². The Morgan fingerprint density at radius 2 is 1.52 bits per heavy atom. The van der Waals surface area contributed by atoms with E-state index in [-0.39, 0.29) is 23.7 Å². The summed E-state index contributed by atoms with van der Waals surface area (Å²) < 4.78 is 5.71. The van der Waals surface area contributed by atoms with Gasteiger partial charge in [-0.2, -0.15) is 0 Å². The predicted octanol–water partition coefficient (Wildman–Crippen LogP) is 4.90. The van der Waals surface area contributed by atoms with Gasteiger partial charge in [0.05, 0.1) is 23.4 Å². The van der Waals surface area contributed by atoms with Crippen molar-refractivity contribution >= 4 is 23.4 Å². The number of amides is 2. The number of rotatable bonds is 4. The van der Waals surface area contributed by atoms with Crippen LogP contribution in [0.4, 0.5) is 5.69 Å². The summed E-state index contributed by atoms with van der Waals surface area (Å²) in [6.07, 6.45) is 0.858. The Morgan fingerprint density at radius 3 is 2.10 bits per heavy atom. The Balaban J connectivity index is 1.90. The largest absolute Gasteiger partial charge is 0.477 e. The Hall–Kier alpha value is -2.95. The zero-order valence-electron chi connectivity index (χ0n) is 17.4. The maximum absolute atomic E-state index is 13.6. The van der Waals surface area contributed by atoms with E-state index in [1.807, 2.05) is 24.3 Å². The number of carbonyl (C=O) groups is 2. The van der Waals surface area contributed by atoms with E-state index in [0.29, 0.717) is 35.7 Å². The molecule has 2 aliphatic rings. The molecule has 0 radical (unpaired) electrons. The lowest BCUT2D eigenvalue weighted by atomic mass is 9.92. The van der Waals surface area contributed by atoms with Crippen LogP contribution in [0.3, 0.4) is 0 Å². The molecule has 0 saturated heterocycles. The minimum absolute atomic E-state index is 0.179. The summed E-state index contributed by atoms with van der Waals surface area (Å²) in [7, 11) is 0. The van der Waals surface area contributed by atoms with E-state index < -0.39 is 0 Å². The van der Waals surface area contributed by atoms with Gasteiger partial charge in [-0.05, 0) is 35.1 Å². The normalized spacial score (nSPS) is 16.3. The molecule has 2 heterocycles. The van der Waals surface area contributed by atoms with Crippen molar-refractivity contribution in [2.24, 2.45) is 4.99 Å². The molecule has 2 aromatic rings. The van der Waals surface area contributed by atoms with Gasteiger partial charge in [0.15, 0.2) is 0 Å². The number of ether oxygens (including phenoxy) is 1. The average molecular weight is 390 g/mol. The van der Waals surface area contributed by atoms with Crippen LogP contribution in [0.25, 0.3) is 0 Å². The fraction of sp³-hybridized carbons (Fsp3) is 0.375. The van der Waals surface area contributed by atoms with Gasteiger partial charge in [-0.3, -0.25) is 14.6 Å². The molecule has 0 aromatic heterocycles. The molecule has 0 N–H and O–H groups in total. The van der Waals surface area contributed by atoms with Crippen LogP contribution in [0.2, 0.25) is 0 Å². The highest BCUT2D eigenvalue weighted by Gasteiger charge is 2.41. The summed E-state index contributed by atoms with van der Waals surface area (Å²) >= 11 is 0. The first-order valence-corrected chi connectivity index (χ1v) is 10.2. The summed E-state index contributed by atoms with van der Waals surface area (Å²) in [5.74, 6) is 0.236. The lowest BCUT2D eigenvalue weighted by Crippen LogP contribution is -2.32. The minimum atomic E-state index is -0.299. The van der Waals surface area contributed by atoms with Crippen LogP contribution in [0.5, 0.6) is 0 Å². The number of carbonyl (C=O) groups excluding carboxylic acids is 2. The minimum Gasteiger partial charge on any atom is -0.477 e. The SMILES string of the molecule is CC(C)c1cccc(C(C)C)c1N1C(=O)c2cccc(C3=NCCCO3)c2C1=O. The number of aliphatic imine (C=N–C) groups is 1. The molecule has 0 bridgehead atoms. The zero-order chi connectivity index (χ0) is 20.7. The van der Waals surface area contributed by atoms with Gasteiger partial charge in [0.1, 0.15) is 0 Å². The summed E-state index contributed by atoms with van der Waals surface area (Å²) in [6.45, 7) is 9.56. The van der Waals surface area contributed by atoms with Crippen molar-refractivity contribution in [3.8, 4) is 0 Å². The van der Waals surface area contributed by atoms with Crippen LogP contribution in [0, 0.1) is 0 Å². The molecule has 0 aliphatic carbocycles. The summed E-state index contributed by atoms with van der Waals surface area (Å²) in [5.41, 5.74) is 4.14. The number of imide groups is 1. The van der Waals surface area contributed by atoms with Gasteiger partial charge in [0.25, 0.3) is 11.8 Å². The Morgan fingerprint density at radius 1 is 0.897 bits per heavy atom. The molecule has 2 amide bonds. The summed E-state index contributed by atoms with van der Waals surface area (Å²) in [6, 6.07) is 11.3. The highest BCUT2D eigenvalue weighted by molar-refractivity contribution is 6.36. The fourth-order valence-corrected chi connectivity index (χ4v) is 4.06. The molecule has 0 unspecified atom stereocenters. The number of hydrogen-bond donors (Lipinski definition) is 0. The number of benzene rings is 2. The Bertz CT molecular complexity index is 995. The molecule has 0 spiro atoms. The molecule has 2 aromatic carbocycles. The van der Waals surface area contributed by atoms with E-state index in [4.69, 9.17) is 4.74 Å². The average Bonchev–Trinajstić information content (AvgIpc) is 2.98. The number of para-hydroxylation sites is 1. The number of anilines is 1. The first-order valence-electron chi connectivity index (χ1n) is 10.2. The third kappa shape index (κ3) is 3.15. The standard InChI is InChI=1S/C24H26N2O3/c1-14(2)16-8-5-9-17(15(3)4)21(16)26-23(27)19-11-6-10-18(20(19)24(26)28)22-25-12-7-13-29-22/h5-6,8-11,14-15H,7,12-13H2,1-4H3. The second-order valence-corrected chi connectivity index (χ2v) is 8.16. The zero-order valence-corrected chi connectivity index (χ0v) is 17.4. The molecule has 2 aliphatic heterocycles. The summed E-state index contributed by atoms with van der Waals surface area (Å²) in [4.78, 5) is 32.8. The quantitative estimate of drug-likeness (QED) is 0.698. The van der Waals surface area contributed by atoms with E-state index in [0.717, 1.165) is 23.2 Å².